The quantitative estimate of drug-likeness (QED) is 0.667. The summed E-state index contributed by atoms with van der Waals surface area (Å²) in [6, 6.07) is 0. The molecule has 4 rings (SSSR count). The molecule has 1 N–H and O–H groups in total. The van der Waals surface area contributed by atoms with Crippen LogP contribution in [0.2, 0.25) is 0 Å². The minimum absolute atomic E-state index is 0.0471. The predicted octanol–water partition coefficient (Wildman–Crippen LogP) is 5.62. The molecule has 0 aliphatic heterocycles. The number of hydrogen-bond acceptors (Lipinski definition) is 2. The van der Waals surface area contributed by atoms with Crippen LogP contribution in [0.15, 0.2) is 0 Å². The van der Waals surface area contributed by atoms with E-state index in [1.54, 1.807) is 0 Å². The van der Waals surface area contributed by atoms with E-state index in [1.165, 1.54) is 32.1 Å². The van der Waals surface area contributed by atoms with Crippen LogP contribution in [0.25, 0.3) is 0 Å². The molecule has 0 aromatic carbocycles. The van der Waals surface area contributed by atoms with Crippen LogP contribution in [0.1, 0.15) is 92.4 Å². The van der Waals surface area contributed by atoms with Gasteiger partial charge in [-0.2, -0.15) is 0 Å². The van der Waals surface area contributed by atoms with Crippen LogP contribution in [0.5, 0.6) is 0 Å². The van der Waals surface area contributed by atoms with E-state index in [2.05, 4.69) is 20.8 Å². The molecule has 0 amide bonds. The lowest BCUT2D eigenvalue weighted by molar-refractivity contribution is -0.139. The van der Waals surface area contributed by atoms with Crippen LogP contribution in [0.4, 0.5) is 0 Å². The lowest BCUT2D eigenvalue weighted by Gasteiger charge is -2.54. The molecular formula is C23H40O2. The van der Waals surface area contributed by atoms with E-state index in [0.717, 1.165) is 43.4 Å². The molecule has 4 aliphatic rings. The minimum Gasteiger partial charge on any atom is -0.393 e. The first-order valence-corrected chi connectivity index (χ1v) is 11.1. The van der Waals surface area contributed by atoms with Gasteiger partial charge in [-0.25, -0.2) is 0 Å². The Bertz CT molecular complexity index is 500. The number of hydrogen-bond donors (Lipinski definition) is 1. The van der Waals surface area contributed by atoms with Gasteiger partial charge >= 0.3 is 0 Å². The molecule has 0 bridgehead atoms. The average Bonchev–Trinajstić information content (AvgIpc) is 2.85. The normalized spacial score (nSPS) is 51.7. The van der Waals surface area contributed by atoms with Crippen molar-refractivity contribution >= 4 is 5.78 Å². The fraction of sp³-hybridized carbons (Fsp3) is 0.957. The van der Waals surface area contributed by atoms with Crippen molar-refractivity contribution in [3.8, 4) is 0 Å². The van der Waals surface area contributed by atoms with E-state index < -0.39 is 0 Å². The van der Waals surface area contributed by atoms with Crippen molar-refractivity contribution < 1.29 is 9.90 Å². The molecule has 0 aromatic rings. The second-order valence-corrected chi connectivity index (χ2v) is 9.74. The molecule has 144 valence electrons. The Balaban J connectivity index is 0.000000880. The molecule has 7 unspecified atom stereocenters. The van der Waals surface area contributed by atoms with E-state index in [0.29, 0.717) is 17.6 Å². The van der Waals surface area contributed by atoms with Gasteiger partial charge in [0.2, 0.25) is 0 Å². The zero-order chi connectivity index (χ0) is 18.4. The average molecular weight is 349 g/mol. The monoisotopic (exact) mass is 348 g/mol. The van der Waals surface area contributed by atoms with Crippen molar-refractivity contribution in [1.29, 1.82) is 0 Å². The van der Waals surface area contributed by atoms with Crippen molar-refractivity contribution in [2.45, 2.75) is 98.5 Å². The summed E-state index contributed by atoms with van der Waals surface area (Å²) in [5.74, 6) is 4.02. The summed E-state index contributed by atoms with van der Waals surface area (Å²) in [5.41, 5.74) is -0.122. The Kier molecular flexibility index (Phi) is 5.42. The maximum atomic E-state index is 13.2. The second-order valence-electron chi connectivity index (χ2n) is 9.74. The number of aliphatic hydroxyl groups is 1. The number of ketones is 1. The first-order valence-electron chi connectivity index (χ1n) is 11.1. The number of carbonyl (C=O) groups is 1. The van der Waals surface area contributed by atoms with Crippen molar-refractivity contribution in [2.75, 3.05) is 0 Å². The van der Waals surface area contributed by atoms with E-state index in [4.69, 9.17) is 0 Å². The Morgan fingerprint density at radius 1 is 0.960 bits per heavy atom. The smallest absolute Gasteiger partial charge is 0.144 e. The highest BCUT2D eigenvalue weighted by molar-refractivity contribution is 5.92. The maximum absolute atomic E-state index is 13.2. The molecule has 2 nitrogen and oxygen atoms in total. The molecule has 0 spiro atoms. The topological polar surface area (TPSA) is 37.3 Å². The highest BCUT2D eigenvalue weighted by atomic mass is 16.3. The Labute approximate surface area is 155 Å². The first-order chi connectivity index (χ1) is 11.9. The van der Waals surface area contributed by atoms with Gasteiger partial charge in [-0.15, -0.1) is 0 Å². The summed E-state index contributed by atoms with van der Waals surface area (Å²) in [7, 11) is 0. The number of rotatable bonds is 1. The molecule has 2 heteroatoms. The zero-order valence-electron chi connectivity index (χ0n) is 17.2. The summed E-state index contributed by atoms with van der Waals surface area (Å²) in [4.78, 5) is 13.2. The third kappa shape index (κ3) is 2.82. The van der Waals surface area contributed by atoms with Crippen molar-refractivity contribution in [3.63, 3.8) is 0 Å². The molecule has 8 atom stereocenters. The summed E-state index contributed by atoms with van der Waals surface area (Å²) < 4.78 is 0. The summed E-state index contributed by atoms with van der Waals surface area (Å²) in [6.07, 6.45) is 10.4. The molecule has 4 saturated carbocycles. The molecule has 25 heavy (non-hydrogen) atoms. The van der Waals surface area contributed by atoms with Gasteiger partial charge in [0.15, 0.2) is 0 Å². The van der Waals surface area contributed by atoms with Crippen molar-refractivity contribution in [1.82, 2.24) is 0 Å². The Morgan fingerprint density at radius 2 is 1.60 bits per heavy atom. The second kappa shape index (κ2) is 6.98. The van der Waals surface area contributed by atoms with Crippen molar-refractivity contribution in [3.05, 3.63) is 0 Å². The Hall–Kier alpha value is -0.370. The summed E-state index contributed by atoms with van der Waals surface area (Å²) in [6.45, 7) is 10.7. The van der Waals surface area contributed by atoms with Gasteiger partial charge < -0.3 is 5.11 Å². The summed E-state index contributed by atoms with van der Waals surface area (Å²) in [5, 5.41) is 10.4. The van der Waals surface area contributed by atoms with Gasteiger partial charge in [-0.1, -0.05) is 41.0 Å². The van der Waals surface area contributed by atoms with Crippen LogP contribution in [-0.4, -0.2) is 17.0 Å². The fourth-order valence-corrected chi connectivity index (χ4v) is 7.41. The van der Waals surface area contributed by atoms with Gasteiger partial charge in [-0.3, -0.25) is 4.79 Å². The highest BCUT2D eigenvalue weighted by Crippen LogP contribution is 2.65. The van der Waals surface area contributed by atoms with Gasteiger partial charge in [0.1, 0.15) is 5.78 Å². The van der Waals surface area contributed by atoms with Gasteiger partial charge in [0.25, 0.3) is 0 Å². The van der Waals surface area contributed by atoms with Crippen molar-refractivity contribution in [2.24, 2.45) is 40.4 Å². The zero-order valence-corrected chi connectivity index (χ0v) is 17.2. The third-order valence-electron chi connectivity index (χ3n) is 8.86. The fourth-order valence-electron chi connectivity index (χ4n) is 7.41. The lowest BCUT2D eigenvalue weighted by Crippen LogP contribution is -2.50. The number of carbonyl (C=O) groups excluding carboxylic acids is 1. The van der Waals surface area contributed by atoms with Crippen LogP contribution in [0, 0.1) is 40.4 Å². The lowest BCUT2D eigenvalue weighted by atomic mass is 9.50. The van der Waals surface area contributed by atoms with Crippen LogP contribution in [0.3, 0.4) is 0 Å². The minimum atomic E-state index is -0.0722. The molecule has 0 heterocycles. The first kappa shape index (κ1) is 19.4. The SMILES string of the molecule is CC.CC[C@@]1(C)CC2C3CCC4C(O)CCCC4C3CCC2(C)C1=O. The van der Waals surface area contributed by atoms with Crippen LogP contribution in [-0.2, 0) is 4.79 Å². The third-order valence-corrected chi connectivity index (χ3v) is 8.86. The van der Waals surface area contributed by atoms with E-state index in [9.17, 15) is 9.90 Å². The van der Waals surface area contributed by atoms with Crippen LogP contribution >= 0.6 is 0 Å². The largest absolute Gasteiger partial charge is 0.393 e. The molecule has 4 aliphatic carbocycles. The summed E-state index contributed by atoms with van der Waals surface area (Å²) >= 11 is 0. The number of fused-ring (bicyclic) bond motifs is 5. The molecule has 0 aromatic heterocycles. The maximum Gasteiger partial charge on any atom is 0.144 e. The number of aliphatic hydroxyl groups excluding tert-OH is 1. The highest BCUT2D eigenvalue weighted by Gasteiger charge is 2.62. The van der Waals surface area contributed by atoms with E-state index >= 15 is 0 Å². The molecule has 4 fully saturated rings. The van der Waals surface area contributed by atoms with Gasteiger partial charge in [0.05, 0.1) is 6.10 Å². The predicted molar refractivity (Wildman–Crippen MR) is 103 cm³/mol. The van der Waals surface area contributed by atoms with Gasteiger partial charge in [0, 0.05) is 10.8 Å². The van der Waals surface area contributed by atoms with Gasteiger partial charge in [-0.05, 0) is 81.0 Å². The Morgan fingerprint density at radius 3 is 2.28 bits per heavy atom. The number of Topliss-reactive ketones (excluding diaryl/α,β-unsaturated/α-hetero) is 1. The molecule has 0 saturated heterocycles. The van der Waals surface area contributed by atoms with E-state index in [-0.39, 0.29) is 16.9 Å². The standard InChI is InChI=1S/C21H34O2.C2H6/c1-4-20(2)12-17-15-8-9-16-13(6-5-7-18(16)22)14(15)10-11-21(17,3)19(20)23;1-2/h13-18,22H,4-12H2,1-3H3;1-2H3/t13?,14?,15?,16?,17?,18?,20-,21?;/m0./s1. The molecular weight excluding hydrogens is 308 g/mol. The van der Waals surface area contributed by atoms with E-state index in [1.807, 2.05) is 13.8 Å². The molecule has 0 radical (unpaired) electrons. The van der Waals surface area contributed by atoms with Crippen LogP contribution < -0.4 is 0 Å².